The van der Waals surface area contributed by atoms with Crippen LogP contribution in [-0.4, -0.2) is 28.5 Å². The second-order valence-corrected chi connectivity index (χ2v) is 4.84. The number of aryl methyl sites for hydroxylation is 1. The van der Waals surface area contributed by atoms with Gasteiger partial charge in [-0.1, -0.05) is 13.8 Å². The highest BCUT2D eigenvalue weighted by atomic mass is 16.2. The van der Waals surface area contributed by atoms with E-state index in [1.807, 2.05) is 13.8 Å². The maximum Gasteiger partial charge on any atom is 0.267 e. The molecular formula is C13H22N4O2. The number of hydrogen-bond donors (Lipinski definition) is 3. The molecule has 0 aliphatic carbocycles. The molecule has 0 aromatic carbocycles. The minimum absolute atomic E-state index is 0.258. The molecular weight excluding hydrogens is 244 g/mol. The summed E-state index contributed by atoms with van der Waals surface area (Å²) in [6.07, 6.45) is 3.10. The molecule has 2 amide bonds. The predicted molar refractivity (Wildman–Crippen MR) is 73.8 cm³/mol. The fraction of sp³-hybridized carbons (Fsp3) is 0.538. The zero-order chi connectivity index (χ0) is 14.6. The largest absolute Gasteiger partial charge is 0.366 e. The van der Waals surface area contributed by atoms with Crippen molar-refractivity contribution >= 4 is 11.8 Å². The third-order valence-corrected chi connectivity index (χ3v) is 3.53. The fourth-order valence-corrected chi connectivity index (χ4v) is 1.77. The van der Waals surface area contributed by atoms with E-state index in [0.29, 0.717) is 17.8 Å². The van der Waals surface area contributed by atoms with Crippen LogP contribution in [-0.2, 0) is 7.05 Å². The molecule has 0 bridgehead atoms. The average Bonchev–Trinajstić information content (AvgIpc) is 2.78. The van der Waals surface area contributed by atoms with Gasteiger partial charge in [0.05, 0.1) is 5.56 Å². The van der Waals surface area contributed by atoms with Crippen molar-refractivity contribution in [2.75, 3.05) is 6.54 Å². The lowest BCUT2D eigenvalue weighted by Crippen LogP contribution is -2.49. The van der Waals surface area contributed by atoms with E-state index in [-0.39, 0.29) is 5.91 Å². The maximum absolute atomic E-state index is 12.0. The molecule has 1 heterocycles. The lowest BCUT2D eigenvalue weighted by molar-refractivity contribution is 0.0933. The number of primary amides is 1. The summed E-state index contributed by atoms with van der Waals surface area (Å²) in [6, 6.07) is 1.48. The molecule has 0 aliphatic rings. The monoisotopic (exact) mass is 266 g/mol. The number of aromatic nitrogens is 1. The van der Waals surface area contributed by atoms with Crippen LogP contribution in [0.5, 0.6) is 0 Å². The zero-order valence-electron chi connectivity index (χ0n) is 11.7. The van der Waals surface area contributed by atoms with Crippen LogP contribution in [0.2, 0.25) is 0 Å². The summed E-state index contributed by atoms with van der Waals surface area (Å²) >= 11 is 0. The van der Waals surface area contributed by atoms with Gasteiger partial charge in [0.2, 0.25) is 5.91 Å². The summed E-state index contributed by atoms with van der Waals surface area (Å²) in [6.45, 7) is 4.38. The van der Waals surface area contributed by atoms with Crippen molar-refractivity contribution in [3.63, 3.8) is 0 Å². The van der Waals surface area contributed by atoms with E-state index in [2.05, 4.69) is 5.32 Å². The second kappa shape index (κ2) is 5.88. The van der Waals surface area contributed by atoms with Gasteiger partial charge in [0.15, 0.2) is 0 Å². The SMILES string of the molecule is CCC(N)(CC)CNC(=O)c1cc(C(N)=O)cn1C. The molecule has 0 atom stereocenters. The average molecular weight is 266 g/mol. The van der Waals surface area contributed by atoms with E-state index in [0.717, 1.165) is 12.8 Å². The first kappa shape index (κ1) is 15.2. The third-order valence-electron chi connectivity index (χ3n) is 3.53. The van der Waals surface area contributed by atoms with Crippen LogP contribution in [0.15, 0.2) is 12.3 Å². The minimum atomic E-state index is -0.551. The van der Waals surface area contributed by atoms with E-state index >= 15 is 0 Å². The second-order valence-electron chi connectivity index (χ2n) is 4.84. The van der Waals surface area contributed by atoms with Crippen LogP contribution in [0.1, 0.15) is 47.5 Å². The Bertz CT molecular complexity index is 475. The smallest absolute Gasteiger partial charge is 0.267 e. The minimum Gasteiger partial charge on any atom is -0.366 e. The number of hydrogen-bond acceptors (Lipinski definition) is 3. The highest BCUT2D eigenvalue weighted by Crippen LogP contribution is 2.11. The van der Waals surface area contributed by atoms with Gasteiger partial charge < -0.3 is 21.4 Å². The van der Waals surface area contributed by atoms with Crippen molar-refractivity contribution in [1.82, 2.24) is 9.88 Å². The number of nitrogens with two attached hydrogens (primary N) is 2. The highest BCUT2D eigenvalue weighted by molar-refractivity contribution is 5.98. The molecule has 0 aliphatic heterocycles. The van der Waals surface area contributed by atoms with Crippen molar-refractivity contribution in [3.8, 4) is 0 Å². The van der Waals surface area contributed by atoms with Gasteiger partial charge in [-0.25, -0.2) is 0 Å². The Labute approximate surface area is 113 Å². The van der Waals surface area contributed by atoms with Crippen LogP contribution in [0.3, 0.4) is 0 Å². The standard InChI is InChI=1S/C13H22N4O2/c1-4-13(15,5-2)8-16-12(19)10-6-9(11(14)18)7-17(10)3/h6-7H,4-5,8,15H2,1-3H3,(H2,14,18)(H,16,19). The first-order valence-electron chi connectivity index (χ1n) is 6.36. The van der Waals surface area contributed by atoms with Gasteiger partial charge in [-0.05, 0) is 18.9 Å². The molecule has 106 valence electrons. The summed E-state index contributed by atoms with van der Waals surface area (Å²) < 4.78 is 1.57. The molecule has 5 N–H and O–H groups in total. The first-order valence-corrected chi connectivity index (χ1v) is 6.36. The maximum atomic E-state index is 12.0. The Morgan fingerprint density at radius 3 is 2.37 bits per heavy atom. The quantitative estimate of drug-likeness (QED) is 0.693. The molecule has 0 unspecified atom stereocenters. The highest BCUT2D eigenvalue weighted by Gasteiger charge is 2.22. The molecule has 1 rings (SSSR count). The molecule has 0 saturated heterocycles. The normalized spacial score (nSPS) is 11.4. The van der Waals surface area contributed by atoms with Crippen LogP contribution >= 0.6 is 0 Å². The van der Waals surface area contributed by atoms with Gasteiger partial charge in [0, 0.05) is 25.3 Å². The van der Waals surface area contributed by atoms with E-state index in [4.69, 9.17) is 11.5 Å². The summed E-state index contributed by atoms with van der Waals surface area (Å²) in [5.41, 5.74) is 11.6. The molecule has 1 aromatic rings. The summed E-state index contributed by atoms with van der Waals surface area (Å²) in [7, 11) is 1.69. The molecule has 0 radical (unpaired) electrons. The molecule has 0 spiro atoms. The van der Waals surface area contributed by atoms with E-state index < -0.39 is 11.4 Å². The van der Waals surface area contributed by atoms with Crippen molar-refractivity contribution in [3.05, 3.63) is 23.5 Å². The third kappa shape index (κ3) is 3.57. The van der Waals surface area contributed by atoms with Crippen molar-refractivity contribution in [2.24, 2.45) is 18.5 Å². The van der Waals surface area contributed by atoms with Crippen molar-refractivity contribution < 1.29 is 9.59 Å². The zero-order valence-corrected chi connectivity index (χ0v) is 11.7. The number of carbonyl (C=O) groups excluding carboxylic acids is 2. The van der Waals surface area contributed by atoms with Gasteiger partial charge in [-0.2, -0.15) is 0 Å². The molecule has 0 fully saturated rings. The first-order chi connectivity index (χ1) is 8.83. The lowest BCUT2D eigenvalue weighted by Gasteiger charge is -2.26. The summed E-state index contributed by atoms with van der Waals surface area (Å²) in [5, 5.41) is 2.80. The van der Waals surface area contributed by atoms with Crippen molar-refractivity contribution in [2.45, 2.75) is 32.2 Å². The summed E-state index contributed by atoms with van der Waals surface area (Å²) in [5.74, 6) is -0.809. The Kier molecular flexibility index (Phi) is 4.72. The summed E-state index contributed by atoms with van der Waals surface area (Å²) in [4.78, 5) is 23.1. The van der Waals surface area contributed by atoms with Crippen LogP contribution < -0.4 is 16.8 Å². The Morgan fingerprint density at radius 1 is 1.37 bits per heavy atom. The number of nitrogens with one attached hydrogen (secondary N) is 1. The number of rotatable bonds is 6. The predicted octanol–water partition coefficient (Wildman–Crippen LogP) is 0.371. The Hall–Kier alpha value is -1.82. The Morgan fingerprint density at radius 2 is 1.95 bits per heavy atom. The van der Waals surface area contributed by atoms with Crippen molar-refractivity contribution in [1.29, 1.82) is 0 Å². The number of amides is 2. The molecule has 6 heteroatoms. The number of nitrogens with zero attached hydrogens (tertiary/aromatic N) is 1. The fourth-order valence-electron chi connectivity index (χ4n) is 1.77. The number of carbonyl (C=O) groups is 2. The van der Waals surface area contributed by atoms with Gasteiger partial charge in [0.1, 0.15) is 5.69 Å². The topological polar surface area (TPSA) is 103 Å². The molecule has 0 saturated carbocycles. The van der Waals surface area contributed by atoms with Gasteiger partial charge in [0.25, 0.3) is 5.91 Å². The Balaban J connectivity index is 2.76. The van der Waals surface area contributed by atoms with E-state index in [1.54, 1.807) is 11.6 Å². The van der Waals surface area contributed by atoms with Crippen LogP contribution in [0.25, 0.3) is 0 Å². The van der Waals surface area contributed by atoms with Crippen LogP contribution in [0.4, 0.5) is 0 Å². The van der Waals surface area contributed by atoms with Gasteiger partial charge in [-0.15, -0.1) is 0 Å². The molecule has 19 heavy (non-hydrogen) atoms. The lowest BCUT2D eigenvalue weighted by atomic mass is 9.94. The van der Waals surface area contributed by atoms with Gasteiger partial charge in [-0.3, -0.25) is 9.59 Å². The molecule has 6 nitrogen and oxygen atoms in total. The van der Waals surface area contributed by atoms with E-state index in [9.17, 15) is 9.59 Å². The molecule has 1 aromatic heterocycles. The van der Waals surface area contributed by atoms with E-state index in [1.165, 1.54) is 12.3 Å². The van der Waals surface area contributed by atoms with Crippen LogP contribution in [0, 0.1) is 0 Å². The van der Waals surface area contributed by atoms with Gasteiger partial charge >= 0.3 is 0 Å².